The van der Waals surface area contributed by atoms with Crippen LogP contribution in [0, 0.1) is 0 Å². The first-order valence-electron chi connectivity index (χ1n) is 8.10. The van der Waals surface area contributed by atoms with Gasteiger partial charge in [0.05, 0.1) is 6.10 Å². The fraction of sp³-hybridized carbons (Fsp3) is 0.882. The molecule has 0 fully saturated rings. The first-order valence-corrected chi connectivity index (χ1v) is 8.10. The lowest BCUT2D eigenvalue weighted by Gasteiger charge is -2.09. The zero-order chi connectivity index (χ0) is 13.5. The summed E-state index contributed by atoms with van der Waals surface area (Å²) in [5.74, 6) is 0. The van der Waals surface area contributed by atoms with E-state index in [1.807, 2.05) is 6.08 Å². The molecule has 0 saturated heterocycles. The molecule has 0 aliphatic rings. The third-order valence-electron chi connectivity index (χ3n) is 3.59. The van der Waals surface area contributed by atoms with Crippen LogP contribution in [0.25, 0.3) is 0 Å². The average molecular weight is 254 g/mol. The van der Waals surface area contributed by atoms with Crippen molar-refractivity contribution in [2.75, 3.05) is 0 Å². The molecular formula is C17H34O. The summed E-state index contributed by atoms with van der Waals surface area (Å²) in [7, 11) is 0. The van der Waals surface area contributed by atoms with Gasteiger partial charge in [0.15, 0.2) is 0 Å². The summed E-state index contributed by atoms with van der Waals surface area (Å²) < 4.78 is 0. The SMILES string of the molecule is C=CCCC[C@H](O)CCCCCCCCCCC. The van der Waals surface area contributed by atoms with Crippen LogP contribution < -0.4 is 0 Å². The van der Waals surface area contributed by atoms with Gasteiger partial charge in [-0.3, -0.25) is 0 Å². The zero-order valence-electron chi connectivity index (χ0n) is 12.5. The number of aliphatic hydroxyl groups is 1. The van der Waals surface area contributed by atoms with Gasteiger partial charge in [0.2, 0.25) is 0 Å². The van der Waals surface area contributed by atoms with Crippen molar-refractivity contribution < 1.29 is 5.11 Å². The molecular weight excluding hydrogens is 220 g/mol. The minimum Gasteiger partial charge on any atom is -0.393 e. The Labute approximate surface area is 115 Å². The molecule has 0 aliphatic heterocycles. The Kier molecular flexibility index (Phi) is 14.5. The number of allylic oxidation sites excluding steroid dienone is 1. The number of unbranched alkanes of at least 4 members (excludes halogenated alkanes) is 9. The second-order valence-electron chi connectivity index (χ2n) is 5.49. The lowest BCUT2D eigenvalue weighted by molar-refractivity contribution is 0.148. The number of hydrogen-bond acceptors (Lipinski definition) is 1. The highest BCUT2D eigenvalue weighted by Crippen LogP contribution is 2.13. The highest BCUT2D eigenvalue weighted by Gasteiger charge is 2.02. The average Bonchev–Trinajstić information content (AvgIpc) is 2.37. The summed E-state index contributed by atoms with van der Waals surface area (Å²) in [5.41, 5.74) is 0. The molecule has 0 rings (SSSR count). The van der Waals surface area contributed by atoms with E-state index in [0.717, 1.165) is 25.7 Å². The molecule has 0 unspecified atom stereocenters. The third kappa shape index (κ3) is 13.8. The van der Waals surface area contributed by atoms with Gasteiger partial charge in [-0.05, 0) is 25.7 Å². The van der Waals surface area contributed by atoms with Gasteiger partial charge in [-0.2, -0.15) is 0 Å². The van der Waals surface area contributed by atoms with E-state index in [2.05, 4.69) is 13.5 Å². The largest absolute Gasteiger partial charge is 0.393 e. The molecule has 1 atom stereocenters. The van der Waals surface area contributed by atoms with E-state index in [1.165, 1.54) is 57.8 Å². The Morgan fingerprint density at radius 3 is 1.89 bits per heavy atom. The van der Waals surface area contributed by atoms with Gasteiger partial charge < -0.3 is 5.11 Å². The molecule has 0 bridgehead atoms. The van der Waals surface area contributed by atoms with Crippen LogP contribution in [-0.2, 0) is 0 Å². The Morgan fingerprint density at radius 2 is 1.33 bits per heavy atom. The second kappa shape index (κ2) is 14.8. The molecule has 1 nitrogen and oxygen atoms in total. The quantitative estimate of drug-likeness (QED) is 0.315. The molecule has 0 spiro atoms. The minimum atomic E-state index is -0.0745. The maximum Gasteiger partial charge on any atom is 0.0540 e. The van der Waals surface area contributed by atoms with Crippen molar-refractivity contribution >= 4 is 0 Å². The van der Waals surface area contributed by atoms with E-state index in [1.54, 1.807) is 0 Å². The van der Waals surface area contributed by atoms with E-state index in [-0.39, 0.29) is 6.10 Å². The second-order valence-corrected chi connectivity index (χ2v) is 5.49. The van der Waals surface area contributed by atoms with Gasteiger partial charge in [0.25, 0.3) is 0 Å². The highest BCUT2D eigenvalue weighted by molar-refractivity contribution is 4.67. The van der Waals surface area contributed by atoms with Crippen LogP contribution in [0.3, 0.4) is 0 Å². The fourth-order valence-electron chi connectivity index (χ4n) is 2.33. The lowest BCUT2D eigenvalue weighted by atomic mass is 10.0. The van der Waals surface area contributed by atoms with Crippen LogP contribution >= 0.6 is 0 Å². The van der Waals surface area contributed by atoms with Crippen molar-refractivity contribution in [1.29, 1.82) is 0 Å². The normalized spacial score (nSPS) is 12.6. The predicted octanol–water partition coefficient (Wildman–Crippen LogP) is 5.62. The van der Waals surface area contributed by atoms with Crippen LogP contribution in [0.4, 0.5) is 0 Å². The van der Waals surface area contributed by atoms with Gasteiger partial charge in [-0.25, -0.2) is 0 Å². The predicted molar refractivity (Wildman–Crippen MR) is 81.9 cm³/mol. The third-order valence-corrected chi connectivity index (χ3v) is 3.59. The Bertz CT molecular complexity index is 165. The Hall–Kier alpha value is -0.300. The van der Waals surface area contributed by atoms with Gasteiger partial charge in [-0.1, -0.05) is 70.8 Å². The van der Waals surface area contributed by atoms with Crippen molar-refractivity contribution in [1.82, 2.24) is 0 Å². The monoisotopic (exact) mass is 254 g/mol. The molecule has 0 aromatic heterocycles. The molecule has 108 valence electrons. The molecule has 0 aliphatic carbocycles. The fourth-order valence-corrected chi connectivity index (χ4v) is 2.33. The molecule has 0 saturated carbocycles. The number of hydrogen-bond donors (Lipinski definition) is 1. The van der Waals surface area contributed by atoms with Crippen molar-refractivity contribution in [2.24, 2.45) is 0 Å². The first-order chi connectivity index (χ1) is 8.81. The highest BCUT2D eigenvalue weighted by atomic mass is 16.3. The molecule has 0 amide bonds. The standard InChI is InChI=1S/C17H34O/c1-3-5-7-8-9-10-11-12-14-16-17(18)15-13-6-4-2/h4,17-18H,2-3,5-16H2,1H3/t17-/m0/s1. The van der Waals surface area contributed by atoms with Crippen molar-refractivity contribution in [3.05, 3.63) is 12.7 Å². The summed E-state index contributed by atoms with van der Waals surface area (Å²) in [6.45, 7) is 5.96. The van der Waals surface area contributed by atoms with Crippen LogP contribution in [-0.4, -0.2) is 11.2 Å². The molecule has 0 radical (unpaired) electrons. The van der Waals surface area contributed by atoms with Crippen LogP contribution in [0.15, 0.2) is 12.7 Å². The topological polar surface area (TPSA) is 20.2 Å². The van der Waals surface area contributed by atoms with Crippen LogP contribution in [0.5, 0.6) is 0 Å². The van der Waals surface area contributed by atoms with E-state index in [0.29, 0.717) is 0 Å². The molecule has 0 heterocycles. The summed E-state index contributed by atoms with van der Waals surface area (Å²) in [4.78, 5) is 0. The van der Waals surface area contributed by atoms with Gasteiger partial charge in [0, 0.05) is 0 Å². The summed E-state index contributed by atoms with van der Waals surface area (Å²) >= 11 is 0. The Balaban J connectivity index is 3.07. The Morgan fingerprint density at radius 1 is 0.833 bits per heavy atom. The maximum atomic E-state index is 9.74. The molecule has 1 heteroatoms. The summed E-state index contributed by atoms with van der Waals surface area (Å²) in [5, 5.41) is 9.74. The van der Waals surface area contributed by atoms with Gasteiger partial charge in [0.1, 0.15) is 0 Å². The lowest BCUT2D eigenvalue weighted by Crippen LogP contribution is -2.05. The van der Waals surface area contributed by atoms with Gasteiger partial charge in [-0.15, -0.1) is 6.58 Å². The van der Waals surface area contributed by atoms with Crippen molar-refractivity contribution in [3.63, 3.8) is 0 Å². The van der Waals surface area contributed by atoms with E-state index < -0.39 is 0 Å². The van der Waals surface area contributed by atoms with E-state index in [4.69, 9.17) is 0 Å². The smallest absolute Gasteiger partial charge is 0.0540 e. The van der Waals surface area contributed by atoms with E-state index in [9.17, 15) is 5.11 Å². The number of aliphatic hydroxyl groups excluding tert-OH is 1. The van der Waals surface area contributed by atoms with Crippen LogP contribution in [0.2, 0.25) is 0 Å². The molecule has 0 aromatic rings. The molecule has 1 N–H and O–H groups in total. The maximum absolute atomic E-state index is 9.74. The van der Waals surface area contributed by atoms with Crippen LogP contribution in [0.1, 0.15) is 90.4 Å². The van der Waals surface area contributed by atoms with Crippen molar-refractivity contribution in [2.45, 2.75) is 96.5 Å². The summed E-state index contributed by atoms with van der Waals surface area (Å²) in [6, 6.07) is 0. The van der Waals surface area contributed by atoms with Crippen molar-refractivity contribution in [3.8, 4) is 0 Å². The first kappa shape index (κ1) is 17.7. The van der Waals surface area contributed by atoms with E-state index >= 15 is 0 Å². The minimum absolute atomic E-state index is 0.0745. The number of rotatable bonds is 14. The summed E-state index contributed by atoms with van der Waals surface area (Å²) in [6.07, 6.45) is 18.1. The van der Waals surface area contributed by atoms with Gasteiger partial charge >= 0.3 is 0 Å². The zero-order valence-corrected chi connectivity index (χ0v) is 12.5. The molecule has 0 aromatic carbocycles. The molecule has 18 heavy (non-hydrogen) atoms.